The Morgan fingerprint density at radius 1 is 0.750 bits per heavy atom. The highest BCUT2D eigenvalue weighted by Crippen LogP contribution is 2.28. The number of rotatable bonds is 3. The lowest BCUT2D eigenvalue weighted by molar-refractivity contribution is 0.106. The van der Waals surface area contributed by atoms with Gasteiger partial charge in [-0.2, -0.15) is 0 Å². The third-order valence-corrected chi connectivity index (χ3v) is 3.69. The van der Waals surface area contributed by atoms with Crippen LogP contribution in [-0.2, 0) is 0 Å². The van der Waals surface area contributed by atoms with E-state index in [-0.39, 0.29) is 11.7 Å². The number of ether oxygens (including phenoxy) is 1. The summed E-state index contributed by atoms with van der Waals surface area (Å²) in [4.78, 5) is 16.6. The van der Waals surface area contributed by atoms with Crippen molar-refractivity contribution in [3.05, 3.63) is 84.4 Å². The minimum atomic E-state index is -0.183. The van der Waals surface area contributed by atoms with Crippen LogP contribution in [-0.4, -0.2) is 11.7 Å². The number of carbonyl (C=O) groups is 1. The monoisotopic (exact) mass is 314 g/mol. The van der Waals surface area contributed by atoms with Crippen LogP contribution in [0.4, 0.5) is 17.1 Å². The number of aliphatic imine (C=N–C) groups is 1. The van der Waals surface area contributed by atoms with Gasteiger partial charge in [-0.25, -0.2) is 4.99 Å². The second-order valence-electron chi connectivity index (χ2n) is 5.38. The molecule has 0 amide bonds. The molecule has 0 saturated heterocycles. The fraction of sp³-hybridized carbons (Fsp3) is 0. The first-order valence-corrected chi connectivity index (χ1v) is 7.62. The molecule has 1 heterocycles. The van der Waals surface area contributed by atoms with Gasteiger partial charge in [0.05, 0.1) is 11.3 Å². The predicted molar refractivity (Wildman–Crippen MR) is 94.7 cm³/mol. The van der Waals surface area contributed by atoms with Gasteiger partial charge in [-0.3, -0.25) is 4.79 Å². The van der Waals surface area contributed by atoms with E-state index in [1.54, 1.807) is 12.1 Å². The molecule has 3 aromatic rings. The average Bonchev–Trinajstić information content (AvgIpc) is 2.94. The van der Waals surface area contributed by atoms with Crippen LogP contribution in [0, 0.1) is 0 Å². The number of carbonyl (C=O) groups excluding carboxylic acids is 1. The van der Waals surface area contributed by atoms with Gasteiger partial charge in [0, 0.05) is 11.4 Å². The molecule has 24 heavy (non-hydrogen) atoms. The molecule has 116 valence electrons. The summed E-state index contributed by atoms with van der Waals surface area (Å²) in [6, 6.07) is 24.6. The SMILES string of the molecule is O=C1C(=Nc2ccc(Nc3ccccc3)cc2)Oc2ccccc21. The summed E-state index contributed by atoms with van der Waals surface area (Å²) in [5.74, 6) is 0.487. The lowest BCUT2D eigenvalue weighted by atomic mass is 10.1. The van der Waals surface area contributed by atoms with Crippen LogP contribution < -0.4 is 10.1 Å². The second kappa shape index (κ2) is 6.01. The molecule has 4 rings (SSSR count). The molecular formula is C20H14N2O2. The fourth-order valence-corrected chi connectivity index (χ4v) is 2.51. The van der Waals surface area contributed by atoms with Crippen LogP contribution in [0.1, 0.15) is 10.4 Å². The van der Waals surface area contributed by atoms with E-state index in [0.29, 0.717) is 17.0 Å². The topological polar surface area (TPSA) is 50.7 Å². The first-order chi connectivity index (χ1) is 11.8. The minimum Gasteiger partial charge on any atom is -0.435 e. The highest BCUT2D eigenvalue weighted by atomic mass is 16.5. The van der Waals surface area contributed by atoms with Gasteiger partial charge in [0.1, 0.15) is 5.75 Å². The van der Waals surface area contributed by atoms with E-state index in [4.69, 9.17) is 4.74 Å². The molecule has 3 aromatic carbocycles. The Morgan fingerprint density at radius 3 is 2.17 bits per heavy atom. The Labute approximate surface area is 139 Å². The maximum Gasteiger partial charge on any atom is 0.269 e. The lowest BCUT2D eigenvalue weighted by Crippen LogP contribution is -2.11. The molecule has 0 fully saturated rings. The summed E-state index contributed by atoms with van der Waals surface area (Å²) >= 11 is 0. The smallest absolute Gasteiger partial charge is 0.269 e. The number of benzene rings is 3. The van der Waals surface area contributed by atoms with E-state index in [1.807, 2.05) is 66.7 Å². The molecule has 1 aliphatic heterocycles. The zero-order chi connectivity index (χ0) is 16.4. The predicted octanol–water partition coefficient (Wildman–Crippen LogP) is 4.74. The molecule has 0 aromatic heterocycles. The van der Waals surface area contributed by atoms with E-state index in [1.165, 1.54) is 0 Å². The van der Waals surface area contributed by atoms with Crippen molar-refractivity contribution in [1.82, 2.24) is 0 Å². The highest BCUT2D eigenvalue weighted by Gasteiger charge is 2.28. The third-order valence-electron chi connectivity index (χ3n) is 3.69. The summed E-state index contributed by atoms with van der Waals surface area (Å²) < 4.78 is 5.53. The highest BCUT2D eigenvalue weighted by molar-refractivity contribution is 6.46. The van der Waals surface area contributed by atoms with Crippen LogP contribution in [0.15, 0.2) is 83.9 Å². The first-order valence-electron chi connectivity index (χ1n) is 7.62. The minimum absolute atomic E-state index is 0.111. The number of anilines is 2. The maximum absolute atomic E-state index is 12.2. The van der Waals surface area contributed by atoms with Crippen LogP contribution in [0.5, 0.6) is 5.75 Å². The molecule has 4 nitrogen and oxygen atoms in total. The summed E-state index contributed by atoms with van der Waals surface area (Å²) in [6.07, 6.45) is 0. The van der Waals surface area contributed by atoms with Crippen LogP contribution in [0.3, 0.4) is 0 Å². The molecule has 0 radical (unpaired) electrons. The molecule has 0 spiro atoms. The molecule has 0 bridgehead atoms. The van der Waals surface area contributed by atoms with Crippen molar-refractivity contribution in [3.63, 3.8) is 0 Å². The summed E-state index contributed by atoms with van der Waals surface area (Å²) in [7, 11) is 0. The van der Waals surface area contributed by atoms with Gasteiger partial charge in [-0.05, 0) is 48.5 Å². The van der Waals surface area contributed by atoms with Crippen LogP contribution >= 0.6 is 0 Å². The number of hydrogen-bond donors (Lipinski definition) is 1. The lowest BCUT2D eigenvalue weighted by Gasteiger charge is -2.06. The number of nitrogens with one attached hydrogen (secondary N) is 1. The van der Waals surface area contributed by atoms with E-state index in [9.17, 15) is 4.79 Å². The Bertz CT molecular complexity index is 916. The van der Waals surface area contributed by atoms with Gasteiger partial charge in [0.2, 0.25) is 0 Å². The largest absolute Gasteiger partial charge is 0.435 e. The van der Waals surface area contributed by atoms with Crippen molar-refractivity contribution < 1.29 is 9.53 Å². The van der Waals surface area contributed by atoms with Gasteiger partial charge in [0.25, 0.3) is 11.7 Å². The number of para-hydroxylation sites is 2. The Balaban J connectivity index is 1.53. The number of nitrogens with zero attached hydrogens (tertiary/aromatic N) is 1. The molecular weight excluding hydrogens is 300 g/mol. The summed E-state index contributed by atoms with van der Waals surface area (Å²) in [6.45, 7) is 0. The average molecular weight is 314 g/mol. The van der Waals surface area contributed by atoms with Crippen molar-refractivity contribution in [2.24, 2.45) is 4.99 Å². The Kier molecular flexibility index (Phi) is 3.56. The van der Waals surface area contributed by atoms with Crippen molar-refractivity contribution in [2.75, 3.05) is 5.32 Å². The van der Waals surface area contributed by atoms with Gasteiger partial charge >= 0.3 is 0 Å². The molecule has 1 N–H and O–H groups in total. The molecule has 0 unspecified atom stereocenters. The molecule has 0 aliphatic carbocycles. The maximum atomic E-state index is 12.2. The standard InChI is InChI=1S/C20H14N2O2/c23-19-17-8-4-5-9-18(17)24-20(19)22-16-12-10-15(11-13-16)21-14-6-2-1-3-7-14/h1-13,21H. The van der Waals surface area contributed by atoms with E-state index in [2.05, 4.69) is 10.3 Å². The van der Waals surface area contributed by atoms with Gasteiger partial charge < -0.3 is 10.1 Å². The number of ketones is 1. The zero-order valence-electron chi connectivity index (χ0n) is 12.8. The second-order valence-corrected chi connectivity index (χ2v) is 5.38. The molecule has 1 aliphatic rings. The summed E-state index contributed by atoms with van der Waals surface area (Å²) in [5, 5.41) is 3.30. The van der Waals surface area contributed by atoms with Crippen molar-refractivity contribution in [3.8, 4) is 5.75 Å². The quantitative estimate of drug-likeness (QED) is 0.760. The molecule has 0 atom stereocenters. The van der Waals surface area contributed by atoms with Gasteiger partial charge in [0.15, 0.2) is 0 Å². The normalized spacial score (nSPS) is 14.3. The van der Waals surface area contributed by atoms with Crippen LogP contribution in [0.2, 0.25) is 0 Å². The van der Waals surface area contributed by atoms with Gasteiger partial charge in [-0.1, -0.05) is 30.3 Å². The van der Waals surface area contributed by atoms with Crippen molar-refractivity contribution >= 4 is 28.7 Å². The number of Topliss-reactive ketones (excluding diaryl/α,β-unsaturated/α-hetero) is 1. The van der Waals surface area contributed by atoms with E-state index < -0.39 is 0 Å². The number of hydrogen-bond acceptors (Lipinski definition) is 4. The Morgan fingerprint density at radius 2 is 1.42 bits per heavy atom. The van der Waals surface area contributed by atoms with Crippen LogP contribution in [0.25, 0.3) is 0 Å². The molecule has 4 heteroatoms. The van der Waals surface area contributed by atoms with Crippen molar-refractivity contribution in [2.45, 2.75) is 0 Å². The molecule has 0 saturated carbocycles. The van der Waals surface area contributed by atoms with Crippen molar-refractivity contribution in [1.29, 1.82) is 0 Å². The zero-order valence-corrected chi connectivity index (χ0v) is 12.8. The number of fused-ring (bicyclic) bond motifs is 1. The first kappa shape index (κ1) is 14.2. The van der Waals surface area contributed by atoms with Gasteiger partial charge in [-0.15, -0.1) is 0 Å². The van der Waals surface area contributed by atoms with E-state index >= 15 is 0 Å². The third kappa shape index (κ3) is 2.77. The Hall–Kier alpha value is -3.40. The summed E-state index contributed by atoms with van der Waals surface area (Å²) in [5.41, 5.74) is 3.19. The fourth-order valence-electron chi connectivity index (χ4n) is 2.51. The van der Waals surface area contributed by atoms with E-state index in [0.717, 1.165) is 11.4 Å².